The smallest absolute Gasteiger partial charge is 0.341 e. The summed E-state index contributed by atoms with van der Waals surface area (Å²) >= 11 is 1.60. The Morgan fingerprint density at radius 1 is 1.19 bits per heavy atom. The highest BCUT2D eigenvalue weighted by molar-refractivity contribution is 7.16. The third-order valence-electron chi connectivity index (χ3n) is 4.37. The van der Waals surface area contributed by atoms with Crippen LogP contribution in [0, 0.1) is 0 Å². The number of rotatable bonds is 6. The Morgan fingerprint density at radius 3 is 2.69 bits per heavy atom. The summed E-state index contributed by atoms with van der Waals surface area (Å²) < 4.78 is 15.9. The molecule has 0 saturated heterocycles. The molecule has 0 aliphatic heterocycles. The molecular formula is C20H23NO4S. The maximum absolute atomic E-state index is 12.5. The van der Waals surface area contributed by atoms with Crippen LogP contribution in [-0.4, -0.2) is 33.0 Å². The van der Waals surface area contributed by atoms with Crippen molar-refractivity contribution in [2.75, 3.05) is 20.8 Å². The first kappa shape index (κ1) is 18.5. The summed E-state index contributed by atoms with van der Waals surface area (Å²) in [4.78, 5) is 18.3. The van der Waals surface area contributed by atoms with E-state index in [-0.39, 0.29) is 5.97 Å². The molecule has 0 bridgehead atoms. The molecule has 0 atom stereocenters. The van der Waals surface area contributed by atoms with Crippen molar-refractivity contribution in [2.45, 2.75) is 32.6 Å². The summed E-state index contributed by atoms with van der Waals surface area (Å²) in [6, 6.07) is 5.61. The zero-order valence-electron chi connectivity index (χ0n) is 15.3. The Bertz CT molecular complexity index is 825. The molecule has 0 spiro atoms. The van der Waals surface area contributed by atoms with Gasteiger partial charge in [-0.25, -0.2) is 9.79 Å². The molecule has 3 rings (SSSR count). The zero-order chi connectivity index (χ0) is 18.5. The number of thiophene rings is 1. The predicted octanol–water partition coefficient (Wildman–Crippen LogP) is 4.57. The highest BCUT2D eigenvalue weighted by Gasteiger charge is 2.26. The predicted molar refractivity (Wildman–Crippen MR) is 104 cm³/mol. The van der Waals surface area contributed by atoms with Crippen LogP contribution in [0.1, 0.15) is 46.1 Å². The first-order valence-electron chi connectivity index (χ1n) is 8.75. The number of benzene rings is 1. The molecule has 0 unspecified atom stereocenters. The zero-order valence-corrected chi connectivity index (χ0v) is 16.1. The fraction of sp³-hybridized carbons (Fsp3) is 0.400. The lowest BCUT2D eigenvalue weighted by atomic mass is 9.95. The number of ether oxygens (including phenoxy) is 3. The Balaban J connectivity index is 1.95. The van der Waals surface area contributed by atoms with E-state index in [1.54, 1.807) is 31.8 Å². The van der Waals surface area contributed by atoms with Crippen molar-refractivity contribution >= 4 is 28.5 Å². The molecule has 1 aliphatic rings. The van der Waals surface area contributed by atoms with Crippen LogP contribution >= 0.6 is 11.3 Å². The van der Waals surface area contributed by atoms with Gasteiger partial charge in [-0.05, 0) is 61.9 Å². The summed E-state index contributed by atoms with van der Waals surface area (Å²) in [5.74, 6) is 1.04. The van der Waals surface area contributed by atoms with Crippen LogP contribution in [-0.2, 0) is 17.6 Å². The lowest BCUT2D eigenvalue weighted by Gasteiger charge is -2.11. The molecule has 0 N–H and O–H groups in total. The van der Waals surface area contributed by atoms with E-state index in [1.165, 1.54) is 4.88 Å². The summed E-state index contributed by atoms with van der Waals surface area (Å²) in [6.07, 6.45) is 5.95. The average Bonchev–Trinajstić information content (AvgIpc) is 3.04. The molecule has 1 heterocycles. The van der Waals surface area contributed by atoms with Crippen LogP contribution in [0.25, 0.3) is 0 Å². The average molecular weight is 373 g/mol. The summed E-state index contributed by atoms with van der Waals surface area (Å²) in [5.41, 5.74) is 2.64. The van der Waals surface area contributed by atoms with Crippen molar-refractivity contribution in [3.05, 3.63) is 39.8 Å². The second kappa shape index (κ2) is 8.36. The van der Waals surface area contributed by atoms with Crippen molar-refractivity contribution in [1.82, 2.24) is 0 Å². The van der Waals surface area contributed by atoms with Gasteiger partial charge in [0.05, 0.1) is 26.4 Å². The van der Waals surface area contributed by atoms with Crippen LogP contribution in [0.15, 0.2) is 23.2 Å². The van der Waals surface area contributed by atoms with Gasteiger partial charge in [0.15, 0.2) is 11.5 Å². The maximum Gasteiger partial charge on any atom is 0.341 e. The molecule has 0 radical (unpaired) electrons. The van der Waals surface area contributed by atoms with Crippen LogP contribution < -0.4 is 9.47 Å². The van der Waals surface area contributed by atoms with E-state index < -0.39 is 0 Å². The normalized spacial score (nSPS) is 13.5. The number of hydrogen-bond acceptors (Lipinski definition) is 6. The van der Waals surface area contributed by atoms with Gasteiger partial charge in [-0.15, -0.1) is 11.3 Å². The van der Waals surface area contributed by atoms with Crippen LogP contribution in [0.4, 0.5) is 5.00 Å². The molecular weight excluding hydrogens is 350 g/mol. The Morgan fingerprint density at radius 2 is 1.96 bits per heavy atom. The van der Waals surface area contributed by atoms with Gasteiger partial charge in [-0.3, -0.25) is 0 Å². The number of aryl methyl sites for hydroxylation is 1. The maximum atomic E-state index is 12.5. The monoisotopic (exact) mass is 373 g/mol. The van der Waals surface area contributed by atoms with Gasteiger partial charge in [0.1, 0.15) is 5.00 Å². The van der Waals surface area contributed by atoms with E-state index >= 15 is 0 Å². The van der Waals surface area contributed by atoms with Gasteiger partial charge in [0.25, 0.3) is 0 Å². The molecule has 1 aromatic heterocycles. The van der Waals surface area contributed by atoms with Crippen molar-refractivity contribution in [1.29, 1.82) is 0 Å². The number of nitrogens with zero attached hydrogens (tertiary/aromatic N) is 1. The van der Waals surface area contributed by atoms with E-state index in [0.717, 1.165) is 41.8 Å². The summed E-state index contributed by atoms with van der Waals surface area (Å²) in [7, 11) is 3.21. The highest BCUT2D eigenvalue weighted by atomic mass is 32.1. The second-order valence-electron chi connectivity index (χ2n) is 5.98. The van der Waals surface area contributed by atoms with Crippen LogP contribution in [0.3, 0.4) is 0 Å². The molecule has 6 heteroatoms. The highest BCUT2D eigenvalue weighted by Crippen LogP contribution is 2.40. The topological polar surface area (TPSA) is 57.1 Å². The van der Waals surface area contributed by atoms with Gasteiger partial charge in [-0.2, -0.15) is 0 Å². The van der Waals surface area contributed by atoms with Gasteiger partial charge in [0, 0.05) is 11.1 Å². The van der Waals surface area contributed by atoms with Gasteiger partial charge in [-0.1, -0.05) is 0 Å². The summed E-state index contributed by atoms with van der Waals surface area (Å²) in [5, 5.41) is 0.727. The molecule has 26 heavy (non-hydrogen) atoms. The molecule has 0 saturated carbocycles. The number of carbonyl (C=O) groups excluding carboxylic acids is 1. The second-order valence-corrected chi connectivity index (χ2v) is 7.07. The first-order valence-corrected chi connectivity index (χ1v) is 9.57. The largest absolute Gasteiger partial charge is 0.493 e. The lowest BCUT2D eigenvalue weighted by molar-refractivity contribution is 0.0526. The first-order chi connectivity index (χ1) is 12.7. The van der Waals surface area contributed by atoms with E-state index in [9.17, 15) is 4.79 Å². The molecule has 5 nitrogen and oxygen atoms in total. The minimum Gasteiger partial charge on any atom is -0.493 e. The molecule has 0 amide bonds. The SMILES string of the molecule is CCOC(=O)c1c(N=Cc2ccc(OC)c(OC)c2)sc2c1CCCC2. The Kier molecular flexibility index (Phi) is 5.93. The number of hydrogen-bond donors (Lipinski definition) is 0. The third kappa shape index (κ3) is 3.75. The van der Waals surface area contributed by atoms with Crippen LogP contribution in [0.2, 0.25) is 0 Å². The quantitative estimate of drug-likeness (QED) is 0.550. The Hall–Kier alpha value is -2.34. The number of methoxy groups -OCH3 is 2. The Labute approximate surface area is 157 Å². The molecule has 2 aromatic rings. The van der Waals surface area contributed by atoms with Crippen molar-refractivity contribution < 1.29 is 19.0 Å². The summed E-state index contributed by atoms with van der Waals surface area (Å²) in [6.45, 7) is 2.19. The number of fused-ring (bicyclic) bond motifs is 1. The van der Waals surface area contributed by atoms with Gasteiger partial charge < -0.3 is 14.2 Å². The van der Waals surface area contributed by atoms with Crippen molar-refractivity contribution in [2.24, 2.45) is 4.99 Å². The minimum absolute atomic E-state index is 0.272. The molecule has 1 aliphatic carbocycles. The van der Waals surface area contributed by atoms with E-state index in [2.05, 4.69) is 4.99 Å². The number of aliphatic imine (C=N–C) groups is 1. The van der Waals surface area contributed by atoms with Crippen molar-refractivity contribution in [3.63, 3.8) is 0 Å². The van der Waals surface area contributed by atoms with E-state index in [1.807, 2.05) is 25.1 Å². The van der Waals surface area contributed by atoms with Crippen LogP contribution in [0.5, 0.6) is 11.5 Å². The van der Waals surface area contributed by atoms with Crippen molar-refractivity contribution in [3.8, 4) is 11.5 Å². The standard InChI is InChI=1S/C20H23NO4S/c1-4-25-20(22)18-14-7-5-6-8-17(14)26-19(18)21-12-13-9-10-15(23-2)16(11-13)24-3/h9-12H,4-8H2,1-3H3. The lowest BCUT2D eigenvalue weighted by Crippen LogP contribution is -2.09. The van der Waals surface area contributed by atoms with E-state index in [0.29, 0.717) is 23.7 Å². The minimum atomic E-state index is -0.272. The molecule has 1 aromatic carbocycles. The number of esters is 1. The van der Waals surface area contributed by atoms with Gasteiger partial charge in [0.2, 0.25) is 0 Å². The molecule has 138 valence electrons. The molecule has 0 fully saturated rings. The van der Waals surface area contributed by atoms with Gasteiger partial charge >= 0.3 is 5.97 Å². The van der Waals surface area contributed by atoms with E-state index in [4.69, 9.17) is 14.2 Å². The fourth-order valence-electron chi connectivity index (χ4n) is 3.12. The number of carbonyl (C=O) groups is 1. The fourth-order valence-corrected chi connectivity index (χ4v) is 4.34. The third-order valence-corrected chi connectivity index (χ3v) is 5.57.